The predicted molar refractivity (Wildman–Crippen MR) is 187 cm³/mol. The van der Waals surface area contributed by atoms with Gasteiger partial charge in [0, 0.05) is 6.42 Å². The number of amides is 1. The number of allylic oxidation sites excluding steroid dienone is 1. The number of likely N-dealkylation sites (N-methyl/N-ethyl adjacent to an activating group) is 1. The van der Waals surface area contributed by atoms with E-state index in [2.05, 4.69) is 19.2 Å². The SMILES string of the molecule is CCCCC/C=C/C(O)C(COP(=O)([O-])OCC[N+](C)(C)C)NC(=O)CCCCCCCCCCCCCCCCCCCC. The number of aliphatic hydroxyl groups is 1. The largest absolute Gasteiger partial charge is 0.756 e. The van der Waals surface area contributed by atoms with Crippen molar-refractivity contribution in [2.75, 3.05) is 40.9 Å². The maximum Gasteiger partial charge on any atom is 0.268 e. The van der Waals surface area contributed by atoms with E-state index in [1.165, 1.54) is 96.3 Å². The summed E-state index contributed by atoms with van der Waals surface area (Å²) in [6.07, 6.45) is 30.1. The average Bonchev–Trinajstić information content (AvgIpc) is 2.97. The van der Waals surface area contributed by atoms with Gasteiger partial charge < -0.3 is 28.8 Å². The number of hydrogen-bond donors (Lipinski definition) is 2. The highest BCUT2D eigenvalue weighted by molar-refractivity contribution is 7.45. The molecule has 0 rings (SSSR count). The quantitative estimate of drug-likeness (QED) is 0.0316. The van der Waals surface area contributed by atoms with Gasteiger partial charge in [-0.05, 0) is 19.3 Å². The van der Waals surface area contributed by atoms with Crippen molar-refractivity contribution in [3.63, 3.8) is 0 Å². The highest BCUT2D eigenvalue weighted by atomic mass is 31.2. The summed E-state index contributed by atoms with van der Waals surface area (Å²) in [5.74, 6) is -0.204. The maximum atomic E-state index is 12.7. The topological polar surface area (TPSA) is 108 Å². The number of nitrogens with zero attached hydrogens (tertiary/aromatic N) is 1. The minimum absolute atomic E-state index is 0.000541. The molecule has 1 amide bonds. The van der Waals surface area contributed by atoms with E-state index in [-0.39, 0.29) is 19.1 Å². The smallest absolute Gasteiger partial charge is 0.268 e. The Labute approximate surface area is 278 Å². The number of unbranched alkanes of at least 4 members (excludes halogenated alkanes) is 20. The Balaban J connectivity index is 4.20. The van der Waals surface area contributed by atoms with Crippen LogP contribution in [0.25, 0.3) is 0 Å². The summed E-state index contributed by atoms with van der Waals surface area (Å²) >= 11 is 0. The van der Waals surface area contributed by atoms with Crippen LogP contribution in [0.1, 0.15) is 162 Å². The van der Waals surface area contributed by atoms with Crippen LogP contribution in [0.3, 0.4) is 0 Å². The third kappa shape index (κ3) is 31.6. The van der Waals surface area contributed by atoms with Crippen LogP contribution >= 0.6 is 7.82 Å². The number of phosphoric ester groups is 1. The Morgan fingerprint density at radius 1 is 0.756 bits per heavy atom. The fraction of sp³-hybridized carbons (Fsp3) is 0.917. The molecule has 9 heteroatoms. The Morgan fingerprint density at radius 2 is 1.20 bits per heavy atom. The van der Waals surface area contributed by atoms with Gasteiger partial charge in [-0.2, -0.15) is 0 Å². The fourth-order valence-corrected chi connectivity index (χ4v) is 5.93. The van der Waals surface area contributed by atoms with E-state index in [1.54, 1.807) is 6.08 Å². The van der Waals surface area contributed by atoms with Gasteiger partial charge in [0.1, 0.15) is 13.2 Å². The summed E-state index contributed by atoms with van der Waals surface area (Å²) in [7, 11) is 1.26. The molecule has 0 heterocycles. The van der Waals surface area contributed by atoms with Crippen LogP contribution in [0, 0.1) is 0 Å². The summed E-state index contributed by atoms with van der Waals surface area (Å²) in [5.41, 5.74) is 0. The molecule has 45 heavy (non-hydrogen) atoms. The van der Waals surface area contributed by atoms with Gasteiger partial charge in [0.15, 0.2) is 0 Å². The Hall–Kier alpha value is -0.760. The molecule has 0 radical (unpaired) electrons. The molecule has 3 atom stereocenters. The third-order valence-electron chi connectivity index (χ3n) is 8.25. The number of rotatable bonds is 33. The molecule has 2 N–H and O–H groups in total. The second-order valence-corrected chi connectivity index (χ2v) is 15.3. The number of nitrogens with one attached hydrogen (secondary N) is 1. The first kappa shape index (κ1) is 44.2. The molecule has 0 bridgehead atoms. The zero-order valence-corrected chi connectivity index (χ0v) is 31.0. The lowest BCUT2D eigenvalue weighted by molar-refractivity contribution is -0.870. The summed E-state index contributed by atoms with van der Waals surface area (Å²) in [4.78, 5) is 24.9. The summed E-state index contributed by atoms with van der Waals surface area (Å²) in [6.45, 7) is 4.52. The van der Waals surface area contributed by atoms with Gasteiger partial charge in [0.2, 0.25) is 5.91 Å². The lowest BCUT2D eigenvalue weighted by atomic mass is 10.0. The molecule has 8 nitrogen and oxygen atoms in total. The molecule has 0 aliphatic carbocycles. The van der Waals surface area contributed by atoms with Crippen LogP contribution in [0.15, 0.2) is 12.2 Å². The first-order valence-corrected chi connectivity index (χ1v) is 20.0. The molecule has 0 aromatic heterocycles. The van der Waals surface area contributed by atoms with Crippen molar-refractivity contribution in [1.29, 1.82) is 0 Å². The molecule has 0 saturated heterocycles. The van der Waals surface area contributed by atoms with Crippen LogP contribution in [-0.2, 0) is 18.4 Å². The summed E-state index contributed by atoms with van der Waals surface area (Å²) in [6, 6.07) is -0.875. The van der Waals surface area contributed by atoms with Crippen molar-refractivity contribution in [2.24, 2.45) is 0 Å². The van der Waals surface area contributed by atoms with Crippen molar-refractivity contribution in [3.8, 4) is 0 Å². The summed E-state index contributed by atoms with van der Waals surface area (Å²) in [5, 5.41) is 13.5. The van der Waals surface area contributed by atoms with Crippen LogP contribution in [0.2, 0.25) is 0 Å². The minimum atomic E-state index is -4.56. The Bertz CT molecular complexity index is 758. The van der Waals surface area contributed by atoms with Crippen LogP contribution < -0.4 is 10.2 Å². The number of aliphatic hydroxyl groups excluding tert-OH is 1. The van der Waals surface area contributed by atoms with Gasteiger partial charge in [-0.3, -0.25) is 9.36 Å². The van der Waals surface area contributed by atoms with E-state index in [9.17, 15) is 19.4 Å². The van der Waals surface area contributed by atoms with Crippen LogP contribution in [0.4, 0.5) is 0 Å². The Morgan fingerprint density at radius 3 is 1.67 bits per heavy atom. The lowest BCUT2D eigenvalue weighted by Crippen LogP contribution is -2.45. The van der Waals surface area contributed by atoms with Crippen molar-refractivity contribution >= 4 is 13.7 Å². The van der Waals surface area contributed by atoms with E-state index in [0.717, 1.165) is 44.9 Å². The highest BCUT2D eigenvalue weighted by Crippen LogP contribution is 2.38. The van der Waals surface area contributed by atoms with Crippen LogP contribution in [0.5, 0.6) is 0 Å². The molecule has 0 saturated carbocycles. The normalized spacial score (nSPS) is 14.9. The second-order valence-electron chi connectivity index (χ2n) is 13.9. The molecular formula is C36H73N2O6P. The first-order chi connectivity index (χ1) is 21.5. The number of carbonyl (C=O) groups is 1. The highest BCUT2D eigenvalue weighted by Gasteiger charge is 2.23. The second kappa shape index (κ2) is 29.4. The fourth-order valence-electron chi connectivity index (χ4n) is 5.21. The van der Waals surface area contributed by atoms with E-state index < -0.39 is 20.0 Å². The standard InChI is InChI=1S/C36H73N2O6P/c1-6-8-10-12-13-14-15-16-17-18-19-20-21-22-23-24-26-28-30-36(40)37-34(35(39)29-27-25-11-9-7-2)33-44-45(41,42)43-32-31-38(3,4)5/h27,29,34-35,39H,6-26,28,30-33H2,1-5H3,(H-,37,40,41,42)/b29-27+. The Kier molecular flexibility index (Phi) is 28.9. The molecule has 0 aliphatic rings. The van der Waals surface area contributed by atoms with Gasteiger partial charge in [-0.15, -0.1) is 0 Å². The van der Waals surface area contributed by atoms with Crippen molar-refractivity contribution in [1.82, 2.24) is 5.32 Å². The molecule has 3 unspecified atom stereocenters. The number of hydrogen-bond acceptors (Lipinski definition) is 6. The zero-order valence-electron chi connectivity index (χ0n) is 30.1. The number of carbonyl (C=O) groups excluding carboxylic acids is 1. The zero-order chi connectivity index (χ0) is 33.7. The first-order valence-electron chi connectivity index (χ1n) is 18.6. The van der Waals surface area contributed by atoms with E-state index >= 15 is 0 Å². The van der Waals surface area contributed by atoms with Crippen molar-refractivity contribution in [2.45, 2.75) is 174 Å². The van der Waals surface area contributed by atoms with Crippen molar-refractivity contribution in [3.05, 3.63) is 12.2 Å². The van der Waals surface area contributed by atoms with E-state index in [4.69, 9.17) is 9.05 Å². The molecule has 0 fully saturated rings. The number of quaternary nitrogens is 1. The van der Waals surface area contributed by atoms with Crippen LogP contribution in [-0.4, -0.2) is 68.5 Å². The molecule has 268 valence electrons. The van der Waals surface area contributed by atoms with Gasteiger partial charge in [-0.1, -0.05) is 148 Å². The molecule has 0 aromatic carbocycles. The molecule has 0 spiro atoms. The van der Waals surface area contributed by atoms with E-state index in [1.807, 2.05) is 27.2 Å². The maximum absolute atomic E-state index is 12.7. The molecular weight excluding hydrogens is 587 g/mol. The van der Waals surface area contributed by atoms with Gasteiger partial charge in [0.05, 0.1) is 39.9 Å². The predicted octanol–water partition coefficient (Wildman–Crippen LogP) is 8.61. The monoisotopic (exact) mass is 661 g/mol. The van der Waals surface area contributed by atoms with Crippen molar-refractivity contribution < 1.29 is 32.9 Å². The van der Waals surface area contributed by atoms with Gasteiger partial charge >= 0.3 is 0 Å². The van der Waals surface area contributed by atoms with Gasteiger partial charge in [-0.25, -0.2) is 0 Å². The average molecular weight is 661 g/mol. The third-order valence-corrected chi connectivity index (χ3v) is 9.21. The minimum Gasteiger partial charge on any atom is -0.756 e. The molecule has 0 aliphatic heterocycles. The van der Waals surface area contributed by atoms with E-state index in [0.29, 0.717) is 17.4 Å². The summed E-state index contributed by atoms with van der Waals surface area (Å²) < 4.78 is 22.9. The molecule has 0 aromatic rings. The van der Waals surface area contributed by atoms with Gasteiger partial charge in [0.25, 0.3) is 7.82 Å². The number of phosphoric acid groups is 1. The lowest BCUT2D eigenvalue weighted by Gasteiger charge is -2.29.